The van der Waals surface area contributed by atoms with Crippen molar-refractivity contribution in [1.82, 2.24) is 10.2 Å². The maximum Gasteiger partial charge on any atom is 0.335 e. The SMILES string of the molecule is Nc1[nH]ncc1C(=O)Nc1cccc(C(=O)O)c1. The molecule has 1 amide bonds. The van der Waals surface area contributed by atoms with Gasteiger partial charge in [0.2, 0.25) is 0 Å². The Morgan fingerprint density at radius 3 is 2.78 bits per heavy atom. The summed E-state index contributed by atoms with van der Waals surface area (Å²) in [5.41, 5.74) is 6.17. The number of carbonyl (C=O) groups excluding carboxylic acids is 1. The van der Waals surface area contributed by atoms with E-state index in [-0.39, 0.29) is 16.9 Å². The van der Waals surface area contributed by atoms with Crippen molar-refractivity contribution >= 4 is 23.4 Å². The van der Waals surface area contributed by atoms with E-state index < -0.39 is 11.9 Å². The monoisotopic (exact) mass is 246 g/mol. The molecule has 92 valence electrons. The number of hydrogen-bond donors (Lipinski definition) is 4. The van der Waals surface area contributed by atoms with Crippen molar-refractivity contribution in [3.05, 3.63) is 41.6 Å². The molecule has 18 heavy (non-hydrogen) atoms. The summed E-state index contributed by atoms with van der Waals surface area (Å²) in [6.07, 6.45) is 1.30. The molecule has 5 N–H and O–H groups in total. The molecule has 0 saturated heterocycles. The topological polar surface area (TPSA) is 121 Å². The Morgan fingerprint density at radius 2 is 2.17 bits per heavy atom. The van der Waals surface area contributed by atoms with E-state index in [4.69, 9.17) is 10.8 Å². The minimum atomic E-state index is -1.06. The molecule has 0 atom stereocenters. The number of nitrogen functional groups attached to an aromatic ring is 1. The number of anilines is 2. The standard InChI is InChI=1S/C11H10N4O3/c12-9-8(5-13-15-9)10(16)14-7-3-1-2-6(4-7)11(17)18/h1-5H,(H,14,16)(H,17,18)(H3,12,13,15). The Kier molecular flexibility index (Phi) is 2.96. The number of benzene rings is 1. The fourth-order valence-corrected chi connectivity index (χ4v) is 1.41. The third-order valence-electron chi connectivity index (χ3n) is 2.28. The zero-order valence-electron chi connectivity index (χ0n) is 9.18. The summed E-state index contributed by atoms with van der Waals surface area (Å²) in [6, 6.07) is 5.92. The van der Waals surface area contributed by atoms with Crippen LogP contribution in [0.4, 0.5) is 11.5 Å². The van der Waals surface area contributed by atoms with Crippen LogP contribution in [0.5, 0.6) is 0 Å². The van der Waals surface area contributed by atoms with Crippen LogP contribution in [0.2, 0.25) is 0 Å². The Balaban J connectivity index is 2.20. The fraction of sp³-hybridized carbons (Fsp3) is 0. The molecule has 7 nitrogen and oxygen atoms in total. The Bertz CT molecular complexity index is 606. The summed E-state index contributed by atoms with van der Waals surface area (Å²) < 4.78 is 0. The lowest BCUT2D eigenvalue weighted by Crippen LogP contribution is -2.13. The smallest absolute Gasteiger partial charge is 0.335 e. The van der Waals surface area contributed by atoms with Crippen molar-refractivity contribution in [3.8, 4) is 0 Å². The van der Waals surface area contributed by atoms with Gasteiger partial charge in [0.05, 0.1) is 11.8 Å². The molecular weight excluding hydrogens is 236 g/mol. The van der Waals surface area contributed by atoms with Gasteiger partial charge in [0.15, 0.2) is 0 Å². The molecule has 0 radical (unpaired) electrons. The number of nitrogens with zero attached hydrogens (tertiary/aromatic N) is 1. The third kappa shape index (κ3) is 2.29. The van der Waals surface area contributed by atoms with Crippen molar-refractivity contribution in [1.29, 1.82) is 0 Å². The average Bonchev–Trinajstić information content (AvgIpc) is 2.76. The van der Waals surface area contributed by atoms with Crippen LogP contribution in [0.15, 0.2) is 30.5 Å². The summed E-state index contributed by atoms with van der Waals surface area (Å²) in [4.78, 5) is 22.6. The summed E-state index contributed by atoms with van der Waals surface area (Å²) in [7, 11) is 0. The second-order valence-corrected chi connectivity index (χ2v) is 3.54. The van der Waals surface area contributed by atoms with Gasteiger partial charge >= 0.3 is 5.97 Å². The molecule has 0 unspecified atom stereocenters. The number of nitrogens with one attached hydrogen (secondary N) is 2. The molecule has 0 saturated carbocycles. The predicted molar refractivity (Wildman–Crippen MR) is 64.4 cm³/mol. The first-order valence-corrected chi connectivity index (χ1v) is 5.01. The maximum atomic E-state index is 11.8. The number of aromatic amines is 1. The van der Waals surface area contributed by atoms with Crippen molar-refractivity contribution in [2.45, 2.75) is 0 Å². The number of H-pyrrole nitrogens is 1. The van der Waals surface area contributed by atoms with Gasteiger partial charge in [-0.2, -0.15) is 5.10 Å². The van der Waals surface area contributed by atoms with E-state index in [1.54, 1.807) is 6.07 Å². The number of rotatable bonds is 3. The first kappa shape index (κ1) is 11.6. The normalized spacial score (nSPS) is 10.0. The minimum Gasteiger partial charge on any atom is -0.478 e. The lowest BCUT2D eigenvalue weighted by molar-refractivity contribution is 0.0696. The minimum absolute atomic E-state index is 0.0907. The van der Waals surface area contributed by atoms with E-state index in [1.165, 1.54) is 24.4 Å². The van der Waals surface area contributed by atoms with Crippen LogP contribution in [-0.2, 0) is 0 Å². The zero-order chi connectivity index (χ0) is 13.1. The van der Waals surface area contributed by atoms with Crippen LogP contribution in [0, 0.1) is 0 Å². The number of amides is 1. The quantitative estimate of drug-likeness (QED) is 0.642. The molecule has 0 aliphatic rings. The van der Waals surface area contributed by atoms with Gasteiger partial charge in [-0.05, 0) is 18.2 Å². The number of carboxylic acid groups (broad SMARTS) is 1. The van der Waals surface area contributed by atoms with Crippen LogP contribution in [-0.4, -0.2) is 27.2 Å². The highest BCUT2D eigenvalue weighted by atomic mass is 16.4. The molecule has 1 aromatic carbocycles. The van der Waals surface area contributed by atoms with E-state index in [0.717, 1.165) is 0 Å². The highest BCUT2D eigenvalue weighted by Crippen LogP contribution is 2.14. The zero-order valence-corrected chi connectivity index (χ0v) is 9.18. The number of nitrogens with two attached hydrogens (primary N) is 1. The molecule has 2 rings (SSSR count). The first-order chi connectivity index (χ1) is 8.58. The summed E-state index contributed by atoms with van der Waals surface area (Å²) >= 11 is 0. The molecule has 0 spiro atoms. The Hall–Kier alpha value is -2.83. The number of hydrogen-bond acceptors (Lipinski definition) is 4. The van der Waals surface area contributed by atoms with Crippen molar-refractivity contribution in [2.75, 3.05) is 11.1 Å². The van der Waals surface area contributed by atoms with Crippen LogP contribution in [0.3, 0.4) is 0 Å². The van der Waals surface area contributed by atoms with Gasteiger partial charge in [-0.1, -0.05) is 6.07 Å². The lowest BCUT2D eigenvalue weighted by Gasteiger charge is -2.04. The van der Waals surface area contributed by atoms with Crippen molar-refractivity contribution < 1.29 is 14.7 Å². The molecule has 0 aliphatic heterocycles. The van der Waals surface area contributed by atoms with Crippen molar-refractivity contribution in [3.63, 3.8) is 0 Å². The third-order valence-corrected chi connectivity index (χ3v) is 2.28. The van der Waals surface area contributed by atoms with E-state index in [0.29, 0.717) is 5.69 Å². The fourth-order valence-electron chi connectivity index (χ4n) is 1.41. The largest absolute Gasteiger partial charge is 0.478 e. The summed E-state index contributed by atoms with van der Waals surface area (Å²) in [6.45, 7) is 0. The molecular formula is C11H10N4O3. The van der Waals surface area contributed by atoms with Gasteiger partial charge in [0.1, 0.15) is 11.4 Å². The van der Waals surface area contributed by atoms with Crippen LogP contribution >= 0.6 is 0 Å². The van der Waals surface area contributed by atoms with Gasteiger partial charge in [-0.25, -0.2) is 4.79 Å². The van der Waals surface area contributed by atoms with Crippen molar-refractivity contribution in [2.24, 2.45) is 0 Å². The van der Waals surface area contributed by atoms with Crippen LogP contribution in [0.25, 0.3) is 0 Å². The first-order valence-electron chi connectivity index (χ1n) is 5.01. The van der Waals surface area contributed by atoms with Gasteiger partial charge < -0.3 is 16.2 Å². The molecule has 1 aromatic heterocycles. The van der Waals surface area contributed by atoms with Crippen LogP contribution in [0.1, 0.15) is 20.7 Å². The average molecular weight is 246 g/mol. The van der Waals surface area contributed by atoms with Crippen LogP contribution < -0.4 is 11.1 Å². The number of aromatic carboxylic acids is 1. The lowest BCUT2D eigenvalue weighted by atomic mass is 10.2. The van der Waals surface area contributed by atoms with Gasteiger partial charge in [-0.3, -0.25) is 9.89 Å². The van der Waals surface area contributed by atoms with Gasteiger partial charge in [-0.15, -0.1) is 0 Å². The highest BCUT2D eigenvalue weighted by Gasteiger charge is 2.12. The molecule has 0 bridgehead atoms. The molecule has 0 aliphatic carbocycles. The van der Waals surface area contributed by atoms with E-state index >= 15 is 0 Å². The Labute approximate surface area is 102 Å². The summed E-state index contributed by atoms with van der Waals surface area (Å²) in [5.74, 6) is -1.36. The van der Waals surface area contributed by atoms with Gasteiger partial charge in [0, 0.05) is 5.69 Å². The second-order valence-electron chi connectivity index (χ2n) is 3.54. The van der Waals surface area contributed by atoms with Gasteiger partial charge in [0.25, 0.3) is 5.91 Å². The Morgan fingerprint density at radius 1 is 1.39 bits per heavy atom. The second kappa shape index (κ2) is 4.58. The van der Waals surface area contributed by atoms with E-state index in [9.17, 15) is 9.59 Å². The summed E-state index contributed by atoms with van der Waals surface area (Å²) in [5, 5.41) is 17.4. The van der Waals surface area contributed by atoms with E-state index in [1.807, 2.05) is 0 Å². The number of carbonyl (C=O) groups is 2. The maximum absolute atomic E-state index is 11.8. The molecule has 1 heterocycles. The molecule has 0 fully saturated rings. The molecule has 2 aromatic rings. The predicted octanol–water partition coefficient (Wildman–Crippen LogP) is 0.942. The molecule has 7 heteroatoms. The number of aromatic nitrogens is 2. The highest BCUT2D eigenvalue weighted by molar-refractivity contribution is 6.07. The number of carboxylic acids is 1. The van der Waals surface area contributed by atoms with E-state index in [2.05, 4.69) is 15.5 Å².